The van der Waals surface area contributed by atoms with Crippen LogP contribution in [0.3, 0.4) is 0 Å². The molecule has 0 spiro atoms. The van der Waals surface area contributed by atoms with Crippen LogP contribution in [0.2, 0.25) is 0 Å². The average molecular weight is 231 g/mol. The molecule has 0 aromatic rings. The number of esters is 1. The molecule has 94 valence electrons. The fraction of sp³-hybridized carbons (Fsp3) is 0.818. The summed E-state index contributed by atoms with van der Waals surface area (Å²) in [5.74, 6) is -0.488. The minimum atomic E-state index is -0.627. The van der Waals surface area contributed by atoms with Crippen LogP contribution in [0.25, 0.3) is 0 Å². The first-order valence-electron chi connectivity index (χ1n) is 5.18. The molecule has 5 heteroatoms. The Morgan fingerprint density at radius 1 is 0.938 bits per heavy atom. The van der Waals surface area contributed by atoms with Crippen LogP contribution in [0.1, 0.15) is 41.5 Å². The van der Waals surface area contributed by atoms with Gasteiger partial charge in [0.25, 0.3) is 0 Å². The highest BCUT2D eigenvalue weighted by Crippen LogP contribution is 2.07. The van der Waals surface area contributed by atoms with Gasteiger partial charge in [0.05, 0.1) is 0 Å². The second kappa shape index (κ2) is 5.18. The lowest BCUT2D eigenvalue weighted by atomic mass is 10.2. The molecule has 16 heavy (non-hydrogen) atoms. The Morgan fingerprint density at radius 3 is 1.75 bits per heavy atom. The Kier molecular flexibility index (Phi) is 4.78. The number of rotatable bonds is 2. The van der Waals surface area contributed by atoms with Gasteiger partial charge in [-0.3, -0.25) is 4.79 Å². The van der Waals surface area contributed by atoms with Crippen molar-refractivity contribution in [3.8, 4) is 0 Å². The first kappa shape index (κ1) is 14.7. The number of hydrogen-bond acceptors (Lipinski definition) is 4. The normalized spacial score (nSPS) is 11.9. The SMILES string of the molecule is CC(C)(C)OC(=O)CNC(=O)OC(C)(C)C. The maximum Gasteiger partial charge on any atom is 0.408 e. The minimum absolute atomic E-state index is 0.188. The molecule has 1 N–H and O–H groups in total. The van der Waals surface area contributed by atoms with Crippen LogP contribution in [0.4, 0.5) is 4.79 Å². The van der Waals surface area contributed by atoms with Gasteiger partial charge < -0.3 is 14.8 Å². The number of hydrogen-bond donors (Lipinski definition) is 1. The van der Waals surface area contributed by atoms with E-state index in [1.165, 1.54) is 0 Å². The lowest BCUT2D eigenvalue weighted by molar-refractivity contribution is -0.153. The molecule has 0 aromatic heterocycles. The monoisotopic (exact) mass is 231 g/mol. The topological polar surface area (TPSA) is 64.6 Å². The van der Waals surface area contributed by atoms with Gasteiger partial charge in [0, 0.05) is 0 Å². The molecule has 0 unspecified atom stereocenters. The van der Waals surface area contributed by atoms with Gasteiger partial charge >= 0.3 is 12.1 Å². The molecule has 0 saturated carbocycles. The van der Waals surface area contributed by atoms with Crippen molar-refractivity contribution in [2.45, 2.75) is 52.7 Å². The Balaban J connectivity index is 3.90. The van der Waals surface area contributed by atoms with Gasteiger partial charge in [0.15, 0.2) is 0 Å². The van der Waals surface area contributed by atoms with E-state index in [2.05, 4.69) is 5.32 Å². The van der Waals surface area contributed by atoms with Crippen LogP contribution < -0.4 is 5.32 Å². The molecule has 0 radical (unpaired) electrons. The van der Waals surface area contributed by atoms with Crippen LogP contribution in [-0.2, 0) is 14.3 Å². The molecule has 1 amide bonds. The summed E-state index contributed by atoms with van der Waals surface area (Å²) in [6.45, 7) is 10.3. The highest BCUT2D eigenvalue weighted by atomic mass is 16.6. The van der Waals surface area contributed by atoms with Gasteiger partial charge in [-0.05, 0) is 41.5 Å². The quantitative estimate of drug-likeness (QED) is 0.737. The average Bonchev–Trinajstić information content (AvgIpc) is 1.94. The van der Waals surface area contributed by atoms with Gasteiger partial charge in [-0.1, -0.05) is 0 Å². The Morgan fingerprint density at radius 2 is 1.38 bits per heavy atom. The van der Waals surface area contributed by atoms with Crippen molar-refractivity contribution < 1.29 is 19.1 Å². The van der Waals surface area contributed by atoms with E-state index in [9.17, 15) is 9.59 Å². The summed E-state index contributed by atoms with van der Waals surface area (Å²) < 4.78 is 9.97. The Hall–Kier alpha value is -1.26. The number of alkyl carbamates (subject to hydrolysis) is 1. The van der Waals surface area contributed by atoms with Crippen LogP contribution >= 0.6 is 0 Å². The highest BCUT2D eigenvalue weighted by molar-refractivity contribution is 5.78. The van der Waals surface area contributed by atoms with Crippen molar-refractivity contribution in [3.63, 3.8) is 0 Å². The van der Waals surface area contributed by atoms with Crippen molar-refractivity contribution in [2.24, 2.45) is 0 Å². The summed E-state index contributed by atoms with van der Waals surface area (Å²) in [4.78, 5) is 22.4. The number of nitrogens with one attached hydrogen (secondary N) is 1. The van der Waals surface area contributed by atoms with Gasteiger partial charge in [0.1, 0.15) is 17.7 Å². The lowest BCUT2D eigenvalue weighted by Crippen LogP contribution is -2.37. The number of ether oxygens (including phenoxy) is 2. The van der Waals surface area contributed by atoms with Crippen molar-refractivity contribution in [1.29, 1.82) is 0 Å². The van der Waals surface area contributed by atoms with Crippen LogP contribution in [-0.4, -0.2) is 29.8 Å². The van der Waals surface area contributed by atoms with Gasteiger partial charge in [-0.25, -0.2) is 4.79 Å². The predicted molar refractivity (Wildman–Crippen MR) is 60.1 cm³/mol. The molecule has 0 aliphatic heterocycles. The van der Waals surface area contributed by atoms with Crippen molar-refractivity contribution >= 4 is 12.1 Å². The summed E-state index contributed by atoms with van der Waals surface area (Å²) in [6.07, 6.45) is -0.627. The van der Waals surface area contributed by atoms with E-state index < -0.39 is 23.3 Å². The van der Waals surface area contributed by atoms with Crippen molar-refractivity contribution in [1.82, 2.24) is 5.32 Å². The van der Waals surface area contributed by atoms with E-state index in [4.69, 9.17) is 9.47 Å². The first-order valence-corrected chi connectivity index (χ1v) is 5.18. The third-order valence-electron chi connectivity index (χ3n) is 1.20. The second-order valence-electron chi connectivity index (χ2n) is 5.44. The fourth-order valence-corrected chi connectivity index (χ4v) is 0.836. The minimum Gasteiger partial charge on any atom is -0.459 e. The van der Waals surface area contributed by atoms with Crippen molar-refractivity contribution in [3.05, 3.63) is 0 Å². The highest BCUT2D eigenvalue weighted by Gasteiger charge is 2.19. The zero-order chi connectivity index (χ0) is 13.0. The molecule has 5 nitrogen and oxygen atoms in total. The lowest BCUT2D eigenvalue weighted by Gasteiger charge is -2.21. The number of carbonyl (C=O) groups excluding carboxylic acids is 2. The summed E-state index contributed by atoms with van der Waals surface area (Å²) in [5.41, 5.74) is -1.12. The molecule has 0 fully saturated rings. The number of amides is 1. The molecule has 0 aliphatic carbocycles. The standard InChI is InChI=1S/C11H21NO4/c1-10(2,3)15-8(13)7-12-9(14)16-11(4,5)6/h7H2,1-6H3,(H,12,14). The third kappa shape index (κ3) is 9.30. The molecule has 0 saturated heterocycles. The second-order valence-corrected chi connectivity index (χ2v) is 5.44. The van der Waals surface area contributed by atoms with Gasteiger partial charge in [-0.2, -0.15) is 0 Å². The molecular weight excluding hydrogens is 210 g/mol. The molecular formula is C11H21NO4. The Labute approximate surface area is 96.5 Å². The summed E-state index contributed by atoms with van der Waals surface area (Å²) in [7, 11) is 0. The van der Waals surface area contributed by atoms with E-state index in [0.29, 0.717) is 0 Å². The molecule has 0 aliphatic rings. The molecule has 0 aromatic carbocycles. The van der Waals surface area contributed by atoms with E-state index >= 15 is 0 Å². The summed E-state index contributed by atoms with van der Waals surface area (Å²) in [5, 5.41) is 2.33. The van der Waals surface area contributed by atoms with Crippen LogP contribution in [0, 0.1) is 0 Å². The molecule has 0 atom stereocenters. The molecule has 0 rings (SSSR count). The van der Waals surface area contributed by atoms with Crippen molar-refractivity contribution in [2.75, 3.05) is 6.54 Å². The smallest absolute Gasteiger partial charge is 0.408 e. The van der Waals surface area contributed by atoms with E-state index in [1.807, 2.05) is 0 Å². The van der Waals surface area contributed by atoms with Crippen LogP contribution in [0.5, 0.6) is 0 Å². The molecule has 0 heterocycles. The Bertz CT molecular complexity index is 232. The number of carbonyl (C=O) groups is 2. The van der Waals surface area contributed by atoms with Crippen LogP contribution in [0.15, 0.2) is 0 Å². The van der Waals surface area contributed by atoms with Gasteiger partial charge in [-0.15, -0.1) is 0 Å². The first-order chi connectivity index (χ1) is 6.99. The van der Waals surface area contributed by atoms with E-state index in [1.54, 1.807) is 41.5 Å². The molecule has 0 bridgehead atoms. The summed E-state index contributed by atoms with van der Waals surface area (Å²) in [6, 6.07) is 0. The zero-order valence-corrected chi connectivity index (χ0v) is 10.8. The van der Waals surface area contributed by atoms with E-state index in [0.717, 1.165) is 0 Å². The fourth-order valence-electron chi connectivity index (χ4n) is 0.836. The zero-order valence-electron chi connectivity index (χ0n) is 10.8. The maximum atomic E-state index is 11.2. The predicted octanol–water partition coefficient (Wildman–Crippen LogP) is 1.85. The summed E-state index contributed by atoms with van der Waals surface area (Å²) >= 11 is 0. The van der Waals surface area contributed by atoms with E-state index in [-0.39, 0.29) is 6.54 Å². The largest absolute Gasteiger partial charge is 0.459 e. The maximum absolute atomic E-state index is 11.2. The third-order valence-corrected chi connectivity index (χ3v) is 1.20. The van der Waals surface area contributed by atoms with Gasteiger partial charge in [0.2, 0.25) is 0 Å².